The van der Waals surface area contributed by atoms with Crippen LogP contribution < -0.4 is 5.32 Å². The molecule has 0 radical (unpaired) electrons. The molecule has 2 N–H and O–H groups in total. The first-order valence-electron chi connectivity index (χ1n) is 4.90. The molecule has 0 aliphatic carbocycles. The highest BCUT2D eigenvalue weighted by Crippen LogP contribution is 1.96. The second kappa shape index (κ2) is 9.84. The minimum absolute atomic E-state index is 0.104. The van der Waals surface area contributed by atoms with E-state index in [-0.39, 0.29) is 5.91 Å². The van der Waals surface area contributed by atoms with Crippen molar-refractivity contribution >= 4 is 5.91 Å². The molecule has 3 heteroatoms. The van der Waals surface area contributed by atoms with E-state index in [9.17, 15) is 4.79 Å². The van der Waals surface area contributed by atoms with E-state index in [1.54, 1.807) is 19.1 Å². The normalized spacial score (nSPS) is 11.5. The van der Waals surface area contributed by atoms with Gasteiger partial charge in [-0.3, -0.25) is 4.79 Å². The Kier molecular flexibility index (Phi) is 10.7. The Morgan fingerprint density at radius 2 is 1.79 bits per heavy atom. The van der Waals surface area contributed by atoms with Crippen molar-refractivity contribution in [2.24, 2.45) is 0 Å². The molecule has 0 aromatic heterocycles. The number of nitrogens with one attached hydrogen (secondary N) is 1. The van der Waals surface area contributed by atoms with Gasteiger partial charge in [0.2, 0.25) is 5.91 Å². The van der Waals surface area contributed by atoms with Crippen LogP contribution in [0.2, 0.25) is 0 Å². The third-order valence-corrected chi connectivity index (χ3v) is 1.26. The Hall–Kier alpha value is -1.25. The van der Waals surface area contributed by atoms with E-state index in [1.807, 2.05) is 20.8 Å². The molecule has 0 unspecified atom stereocenters. The summed E-state index contributed by atoms with van der Waals surface area (Å²) in [4.78, 5) is 10.5. The van der Waals surface area contributed by atoms with Gasteiger partial charge in [0.15, 0.2) is 0 Å². The average Bonchev–Trinajstić information content (AvgIpc) is 2.16. The minimum Gasteiger partial charge on any atom is -0.512 e. The van der Waals surface area contributed by atoms with Gasteiger partial charge < -0.3 is 10.4 Å². The Morgan fingerprint density at radius 1 is 1.29 bits per heavy atom. The summed E-state index contributed by atoms with van der Waals surface area (Å²) in [5.74, 6) is 0.202. The molecular weight excluding hydrogens is 178 g/mol. The molecule has 0 bridgehead atoms. The third-order valence-electron chi connectivity index (χ3n) is 1.26. The number of hydrogen-bond donors (Lipinski definition) is 2. The van der Waals surface area contributed by atoms with Gasteiger partial charge in [-0.05, 0) is 19.1 Å². The Bertz CT molecular complexity index is 217. The number of hydrogen-bond acceptors (Lipinski definition) is 2. The first kappa shape index (κ1) is 15.2. The molecule has 0 rings (SSSR count). The molecular formula is C11H21NO2. The highest BCUT2D eigenvalue weighted by Gasteiger charge is 1.90. The molecule has 14 heavy (non-hydrogen) atoms. The maximum absolute atomic E-state index is 10.5. The molecule has 82 valence electrons. The predicted octanol–water partition coefficient (Wildman–Crippen LogP) is 2.90. The first-order chi connectivity index (χ1) is 6.56. The molecule has 0 heterocycles. The van der Waals surface area contributed by atoms with Crippen LogP contribution in [0.5, 0.6) is 0 Å². The molecule has 0 spiro atoms. The van der Waals surface area contributed by atoms with Crippen molar-refractivity contribution in [3.8, 4) is 0 Å². The van der Waals surface area contributed by atoms with E-state index in [0.29, 0.717) is 12.2 Å². The maximum Gasteiger partial charge on any atom is 0.220 e. The second-order valence-corrected chi connectivity index (χ2v) is 2.54. The summed E-state index contributed by atoms with van der Waals surface area (Å²) in [6.45, 7) is 9.06. The van der Waals surface area contributed by atoms with Crippen LogP contribution in [-0.2, 0) is 4.79 Å². The van der Waals surface area contributed by atoms with E-state index < -0.39 is 0 Å². The van der Waals surface area contributed by atoms with Crippen molar-refractivity contribution < 1.29 is 9.90 Å². The van der Waals surface area contributed by atoms with Crippen molar-refractivity contribution in [2.75, 3.05) is 0 Å². The van der Waals surface area contributed by atoms with Crippen molar-refractivity contribution in [3.05, 3.63) is 23.6 Å². The quantitative estimate of drug-likeness (QED) is 0.542. The van der Waals surface area contributed by atoms with E-state index in [4.69, 9.17) is 5.11 Å². The van der Waals surface area contributed by atoms with Gasteiger partial charge in [-0.1, -0.05) is 20.8 Å². The van der Waals surface area contributed by atoms with Gasteiger partial charge >= 0.3 is 0 Å². The lowest BCUT2D eigenvalue weighted by Crippen LogP contribution is -2.16. The molecule has 0 aliphatic rings. The van der Waals surface area contributed by atoms with Gasteiger partial charge in [-0.15, -0.1) is 0 Å². The molecule has 0 aliphatic heterocycles. The topological polar surface area (TPSA) is 49.3 Å². The summed E-state index contributed by atoms with van der Waals surface area (Å²) in [5.41, 5.74) is 0.725. The fraction of sp³-hybridized carbons (Fsp3) is 0.545. The summed E-state index contributed by atoms with van der Waals surface area (Å²) < 4.78 is 0. The molecule has 0 saturated heterocycles. The van der Waals surface area contributed by atoms with Crippen LogP contribution in [0, 0.1) is 0 Å². The third kappa shape index (κ3) is 10.8. The predicted molar refractivity (Wildman–Crippen MR) is 59.9 cm³/mol. The highest BCUT2D eigenvalue weighted by atomic mass is 16.3. The fourth-order valence-corrected chi connectivity index (χ4v) is 0.658. The Labute approximate surface area is 86.5 Å². The summed E-state index contributed by atoms with van der Waals surface area (Å²) >= 11 is 0. The zero-order chi connectivity index (χ0) is 11.6. The number of carbonyl (C=O) groups excluding carboxylic acids is 1. The number of amides is 1. The molecule has 3 nitrogen and oxygen atoms in total. The summed E-state index contributed by atoms with van der Waals surface area (Å²) in [7, 11) is 0. The fourth-order valence-electron chi connectivity index (χ4n) is 0.658. The lowest BCUT2D eigenvalue weighted by Gasteiger charge is -1.98. The maximum atomic E-state index is 10.5. The van der Waals surface area contributed by atoms with Gasteiger partial charge in [-0.25, -0.2) is 0 Å². The van der Waals surface area contributed by atoms with Gasteiger partial charge in [0.1, 0.15) is 0 Å². The van der Waals surface area contributed by atoms with Crippen molar-refractivity contribution in [2.45, 2.75) is 41.0 Å². The van der Waals surface area contributed by atoms with Gasteiger partial charge in [-0.2, -0.15) is 0 Å². The van der Waals surface area contributed by atoms with Crippen LogP contribution in [0.1, 0.15) is 41.0 Å². The Balaban J connectivity index is 0. The van der Waals surface area contributed by atoms with Crippen LogP contribution in [0.4, 0.5) is 0 Å². The molecule has 0 saturated carbocycles. The number of aliphatic hydroxyl groups is 1. The van der Waals surface area contributed by atoms with Crippen molar-refractivity contribution in [3.63, 3.8) is 0 Å². The van der Waals surface area contributed by atoms with E-state index in [2.05, 4.69) is 5.32 Å². The minimum atomic E-state index is -0.104. The SMILES string of the molecule is CC.CC/C(O)=C\C=C(/C)NC(C)=O. The number of aliphatic hydroxyl groups excluding tert-OH is 1. The van der Waals surface area contributed by atoms with E-state index >= 15 is 0 Å². The van der Waals surface area contributed by atoms with E-state index in [1.165, 1.54) is 6.92 Å². The number of rotatable bonds is 3. The molecule has 0 atom stereocenters. The van der Waals surface area contributed by atoms with Crippen LogP contribution in [0.15, 0.2) is 23.6 Å². The van der Waals surface area contributed by atoms with Gasteiger partial charge in [0.05, 0.1) is 5.76 Å². The van der Waals surface area contributed by atoms with Crippen LogP contribution >= 0.6 is 0 Å². The summed E-state index contributed by atoms with van der Waals surface area (Å²) in [6, 6.07) is 0. The summed E-state index contributed by atoms with van der Waals surface area (Å²) in [6.07, 6.45) is 3.84. The van der Waals surface area contributed by atoms with Crippen molar-refractivity contribution in [1.29, 1.82) is 0 Å². The number of carbonyl (C=O) groups is 1. The van der Waals surface area contributed by atoms with Gasteiger partial charge in [0.25, 0.3) is 0 Å². The smallest absolute Gasteiger partial charge is 0.220 e. The van der Waals surface area contributed by atoms with Crippen LogP contribution in [-0.4, -0.2) is 11.0 Å². The monoisotopic (exact) mass is 199 g/mol. The molecule has 0 fully saturated rings. The highest BCUT2D eigenvalue weighted by molar-refractivity contribution is 5.74. The van der Waals surface area contributed by atoms with Gasteiger partial charge in [0, 0.05) is 19.0 Å². The zero-order valence-electron chi connectivity index (χ0n) is 9.72. The van der Waals surface area contributed by atoms with Crippen LogP contribution in [0.3, 0.4) is 0 Å². The lowest BCUT2D eigenvalue weighted by atomic mass is 10.3. The number of allylic oxidation sites excluding steroid dienone is 4. The molecule has 1 amide bonds. The average molecular weight is 199 g/mol. The first-order valence-corrected chi connectivity index (χ1v) is 4.90. The Morgan fingerprint density at radius 3 is 2.14 bits per heavy atom. The lowest BCUT2D eigenvalue weighted by molar-refractivity contribution is -0.118. The second-order valence-electron chi connectivity index (χ2n) is 2.54. The molecule has 0 aromatic carbocycles. The summed E-state index contributed by atoms with van der Waals surface area (Å²) in [5, 5.41) is 11.6. The largest absolute Gasteiger partial charge is 0.512 e. The standard InChI is InChI=1S/C9H15NO2.C2H6/c1-4-9(12)6-5-7(2)10-8(3)11;1-2/h5-6,12H,4H2,1-3H3,(H,10,11);1-2H3/b7-5+,9-6+;. The zero-order valence-corrected chi connectivity index (χ0v) is 9.72. The van der Waals surface area contributed by atoms with Crippen molar-refractivity contribution in [1.82, 2.24) is 5.32 Å². The van der Waals surface area contributed by atoms with E-state index in [0.717, 1.165) is 5.70 Å². The molecule has 0 aromatic rings. The van der Waals surface area contributed by atoms with Crippen LogP contribution in [0.25, 0.3) is 0 Å².